The molecule has 3 aliphatic rings. The first-order valence-electron chi connectivity index (χ1n) is 12.6. The van der Waals surface area contributed by atoms with Gasteiger partial charge in [-0.05, 0) is 24.3 Å². The van der Waals surface area contributed by atoms with E-state index in [1.165, 1.54) is 6.08 Å². The molecule has 40 heavy (non-hydrogen) atoms. The van der Waals surface area contributed by atoms with Gasteiger partial charge >= 0.3 is 0 Å². The molecule has 0 aliphatic carbocycles. The number of aliphatic hydroxyl groups is 7. The number of para-hydroxylation sites is 2. The number of hydrogen-bond acceptors (Lipinski definition) is 13. The van der Waals surface area contributed by atoms with Gasteiger partial charge in [0.05, 0.1) is 18.8 Å². The van der Waals surface area contributed by atoms with Crippen LogP contribution in [0, 0.1) is 0 Å². The Kier molecular flexibility index (Phi) is 8.49. The van der Waals surface area contributed by atoms with Crippen molar-refractivity contribution >= 4 is 11.9 Å². The molecule has 2 fully saturated rings. The summed E-state index contributed by atoms with van der Waals surface area (Å²) in [6.07, 6.45) is -14.0. The zero-order chi connectivity index (χ0) is 28.6. The van der Waals surface area contributed by atoms with Crippen LogP contribution in [0.2, 0.25) is 0 Å². The SMILES string of the molecule is O=C1C(=Cc2ccccc2O[C@H]2O[C@H](CO[C@H]3O[C@H](CO)[C@@H](O)[C@H](O)[C@H]3O)[C@@H](O)[C@H](O)[C@H]2O)Oc2ccccc21. The van der Waals surface area contributed by atoms with Gasteiger partial charge in [-0.15, -0.1) is 0 Å². The van der Waals surface area contributed by atoms with Crippen molar-refractivity contribution in [1.82, 2.24) is 0 Å². The van der Waals surface area contributed by atoms with E-state index in [9.17, 15) is 40.5 Å². The van der Waals surface area contributed by atoms with Gasteiger partial charge in [0.15, 0.2) is 12.0 Å². The van der Waals surface area contributed by atoms with Crippen LogP contribution in [0.1, 0.15) is 15.9 Å². The van der Waals surface area contributed by atoms with E-state index in [0.29, 0.717) is 16.9 Å². The number of Topliss-reactive ketones (excluding diaryl/α,β-unsaturated/α-hetero) is 1. The molecule has 13 nitrogen and oxygen atoms in total. The second-order valence-electron chi connectivity index (χ2n) is 9.64. The zero-order valence-electron chi connectivity index (χ0n) is 21.0. The molecule has 0 bridgehead atoms. The van der Waals surface area contributed by atoms with Crippen molar-refractivity contribution in [2.75, 3.05) is 13.2 Å². The molecule has 10 atom stereocenters. The molecule has 0 radical (unpaired) electrons. The summed E-state index contributed by atoms with van der Waals surface area (Å²) in [5, 5.41) is 70.9. The van der Waals surface area contributed by atoms with Crippen molar-refractivity contribution in [2.24, 2.45) is 0 Å². The largest absolute Gasteiger partial charge is 0.461 e. The van der Waals surface area contributed by atoms with Crippen molar-refractivity contribution < 1.29 is 64.2 Å². The topological polar surface area (TPSA) is 205 Å². The van der Waals surface area contributed by atoms with Gasteiger partial charge in [-0.2, -0.15) is 0 Å². The van der Waals surface area contributed by atoms with Crippen LogP contribution in [0.3, 0.4) is 0 Å². The Hall–Kier alpha value is -2.95. The molecular formula is C27H30O13. The van der Waals surface area contributed by atoms with Crippen LogP contribution < -0.4 is 9.47 Å². The third-order valence-corrected chi connectivity index (χ3v) is 6.97. The summed E-state index contributed by atoms with van der Waals surface area (Å²) in [7, 11) is 0. The van der Waals surface area contributed by atoms with Crippen LogP contribution in [0.4, 0.5) is 0 Å². The lowest BCUT2D eigenvalue weighted by atomic mass is 9.98. The van der Waals surface area contributed by atoms with Crippen LogP contribution in [-0.4, -0.2) is 116 Å². The number of rotatable bonds is 7. The highest BCUT2D eigenvalue weighted by Crippen LogP contribution is 2.34. The number of carbonyl (C=O) groups excluding carboxylic acids is 1. The van der Waals surface area contributed by atoms with Crippen molar-refractivity contribution in [3.8, 4) is 11.5 Å². The maximum Gasteiger partial charge on any atom is 0.231 e. The Balaban J connectivity index is 1.29. The van der Waals surface area contributed by atoms with Crippen LogP contribution >= 0.6 is 0 Å². The molecular weight excluding hydrogens is 532 g/mol. The smallest absolute Gasteiger partial charge is 0.231 e. The number of hydrogen-bond donors (Lipinski definition) is 7. The minimum Gasteiger partial charge on any atom is -0.461 e. The van der Waals surface area contributed by atoms with Crippen molar-refractivity contribution in [3.63, 3.8) is 0 Å². The average Bonchev–Trinajstić information content (AvgIpc) is 3.28. The van der Waals surface area contributed by atoms with Crippen LogP contribution in [0.25, 0.3) is 6.08 Å². The van der Waals surface area contributed by atoms with E-state index in [1.807, 2.05) is 0 Å². The van der Waals surface area contributed by atoms with Gasteiger partial charge in [0.25, 0.3) is 0 Å². The average molecular weight is 563 g/mol. The molecule has 2 aromatic carbocycles. The monoisotopic (exact) mass is 562 g/mol. The number of carbonyl (C=O) groups is 1. The Labute approximate surface area is 228 Å². The Bertz CT molecular complexity index is 1230. The lowest BCUT2D eigenvalue weighted by Crippen LogP contribution is -2.62. The molecule has 0 saturated carbocycles. The number of benzene rings is 2. The van der Waals surface area contributed by atoms with E-state index in [-0.39, 0.29) is 17.3 Å². The summed E-state index contributed by atoms with van der Waals surface area (Å²) in [5.74, 6) is 0.332. The van der Waals surface area contributed by atoms with Crippen LogP contribution in [0.15, 0.2) is 54.3 Å². The first-order chi connectivity index (χ1) is 19.2. The third-order valence-electron chi connectivity index (χ3n) is 6.97. The van der Waals surface area contributed by atoms with E-state index < -0.39 is 74.6 Å². The van der Waals surface area contributed by atoms with Gasteiger partial charge in [-0.1, -0.05) is 30.3 Å². The van der Waals surface area contributed by atoms with Gasteiger partial charge in [0.2, 0.25) is 12.1 Å². The fourth-order valence-electron chi connectivity index (χ4n) is 4.66. The summed E-state index contributed by atoms with van der Waals surface area (Å²) in [6, 6.07) is 13.3. The fraction of sp³-hybridized carbons (Fsp3) is 0.444. The Morgan fingerprint density at radius 1 is 0.750 bits per heavy atom. The second-order valence-corrected chi connectivity index (χ2v) is 9.64. The van der Waals surface area contributed by atoms with Gasteiger partial charge in [-0.25, -0.2) is 0 Å². The predicted octanol–water partition coefficient (Wildman–Crippen LogP) is -1.69. The van der Waals surface area contributed by atoms with Gasteiger partial charge in [0.1, 0.15) is 60.3 Å². The lowest BCUT2D eigenvalue weighted by molar-refractivity contribution is -0.323. The summed E-state index contributed by atoms with van der Waals surface area (Å²) >= 11 is 0. The molecule has 0 aromatic heterocycles. The van der Waals surface area contributed by atoms with E-state index in [2.05, 4.69) is 0 Å². The fourth-order valence-corrected chi connectivity index (χ4v) is 4.66. The standard InChI is InChI=1S/C27H30O13/c28-10-17-20(30)22(32)24(34)26(39-17)36-11-18-21(31)23(33)25(35)27(40-18)38-14-7-3-1-5-12(14)9-16-19(29)13-6-2-4-8-15(13)37-16/h1-9,17-18,20-28,30-35H,10-11H2/t17-,18-,20-,21-,22+,23+,24-,25-,26+,27+/m1/s1. The van der Waals surface area contributed by atoms with Crippen LogP contribution in [0.5, 0.6) is 11.5 Å². The molecule has 0 spiro atoms. The normalized spacial score (nSPS) is 36.8. The molecule has 0 amide bonds. The minimum atomic E-state index is -1.72. The maximum atomic E-state index is 12.7. The molecule has 0 unspecified atom stereocenters. The number of allylic oxidation sites excluding steroid dienone is 1. The second kappa shape index (κ2) is 11.9. The van der Waals surface area contributed by atoms with E-state index >= 15 is 0 Å². The molecule has 3 heterocycles. The van der Waals surface area contributed by atoms with Crippen LogP contribution in [-0.2, 0) is 14.2 Å². The molecule has 3 aliphatic heterocycles. The summed E-state index contributed by atoms with van der Waals surface area (Å²) in [6.45, 7) is -1.16. The van der Waals surface area contributed by atoms with Gasteiger partial charge < -0.3 is 59.4 Å². The van der Waals surface area contributed by atoms with E-state index in [0.717, 1.165) is 0 Å². The first-order valence-corrected chi connectivity index (χ1v) is 12.6. The predicted molar refractivity (Wildman–Crippen MR) is 133 cm³/mol. The van der Waals surface area contributed by atoms with E-state index in [4.69, 9.17) is 23.7 Å². The number of ether oxygens (including phenoxy) is 5. The highest BCUT2D eigenvalue weighted by molar-refractivity contribution is 6.14. The summed E-state index contributed by atoms with van der Waals surface area (Å²) in [4.78, 5) is 12.7. The van der Waals surface area contributed by atoms with Gasteiger partial charge in [0, 0.05) is 5.56 Å². The highest BCUT2D eigenvalue weighted by Gasteiger charge is 2.48. The quantitative estimate of drug-likeness (QED) is 0.188. The van der Waals surface area contributed by atoms with Crippen molar-refractivity contribution in [3.05, 3.63) is 65.4 Å². The molecule has 5 rings (SSSR count). The minimum absolute atomic E-state index is 0.0589. The van der Waals surface area contributed by atoms with Gasteiger partial charge in [-0.3, -0.25) is 4.79 Å². The molecule has 2 aromatic rings. The summed E-state index contributed by atoms with van der Waals surface area (Å²) < 4.78 is 27.9. The number of fused-ring (bicyclic) bond motifs is 1. The lowest BCUT2D eigenvalue weighted by Gasteiger charge is -2.42. The van der Waals surface area contributed by atoms with Crippen molar-refractivity contribution in [1.29, 1.82) is 0 Å². The molecule has 13 heteroatoms. The highest BCUT2D eigenvalue weighted by atomic mass is 16.7. The Morgan fingerprint density at radius 3 is 2.10 bits per heavy atom. The number of ketones is 1. The number of aliphatic hydroxyl groups excluding tert-OH is 7. The Morgan fingerprint density at radius 2 is 1.38 bits per heavy atom. The molecule has 2 saturated heterocycles. The third kappa shape index (κ3) is 5.49. The van der Waals surface area contributed by atoms with Crippen molar-refractivity contribution in [2.45, 2.75) is 61.4 Å². The zero-order valence-corrected chi connectivity index (χ0v) is 21.0. The summed E-state index contributed by atoms with van der Waals surface area (Å²) in [5.41, 5.74) is 0.821. The molecule has 216 valence electrons. The maximum absolute atomic E-state index is 12.7. The molecule has 7 N–H and O–H groups in total. The first kappa shape index (κ1) is 28.6. The van der Waals surface area contributed by atoms with E-state index in [1.54, 1.807) is 48.5 Å².